The van der Waals surface area contributed by atoms with Crippen molar-refractivity contribution in [3.05, 3.63) is 87.7 Å². The second-order valence-corrected chi connectivity index (χ2v) is 9.69. The number of nitrogens with one attached hydrogen (secondary N) is 1. The van der Waals surface area contributed by atoms with Gasteiger partial charge in [0.2, 0.25) is 0 Å². The van der Waals surface area contributed by atoms with E-state index in [9.17, 15) is 4.79 Å². The lowest BCUT2D eigenvalue weighted by Gasteiger charge is -2.20. The Labute approximate surface area is 196 Å². The number of rotatable bonds is 7. The summed E-state index contributed by atoms with van der Waals surface area (Å²) in [5.41, 5.74) is 4.97. The summed E-state index contributed by atoms with van der Waals surface area (Å²) in [7, 11) is 1.78. The summed E-state index contributed by atoms with van der Waals surface area (Å²) in [5.74, 6) is 2.07. The number of halogens is 1. The van der Waals surface area contributed by atoms with E-state index in [2.05, 4.69) is 59.6 Å². The summed E-state index contributed by atoms with van der Waals surface area (Å²) in [4.78, 5) is 14.5. The molecule has 1 N–H and O–H groups in total. The molecule has 5 heteroatoms. The molecule has 1 aliphatic rings. The van der Waals surface area contributed by atoms with Crippen LogP contribution in [0.4, 0.5) is 0 Å². The number of hydrogen-bond acceptors (Lipinski definition) is 2. The van der Waals surface area contributed by atoms with Gasteiger partial charge in [-0.2, -0.15) is 5.10 Å². The van der Waals surface area contributed by atoms with E-state index >= 15 is 0 Å². The molecule has 3 atom stereocenters. The SMILES string of the molecule is Cc1[nH]nc(CN(C)C(=O)c2ccc(C[C@@H]3CC[C@H]([C@H](C)c4ccccc4)C3)cc2)c1Cl. The summed E-state index contributed by atoms with van der Waals surface area (Å²) in [6, 6.07) is 19.0. The van der Waals surface area contributed by atoms with Crippen LogP contribution in [0.15, 0.2) is 54.6 Å². The van der Waals surface area contributed by atoms with E-state index in [0.717, 1.165) is 24.0 Å². The van der Waals surface area contributed by atoms with Crippen molar-refractivity contribution in [3.8, 4) is 0 Å². The maximum absolute atomic E-state index is 12.8. The molecule has 0 unspecified atom stereocenters. The molecule has 0 spiro atoms. The molecule has 3 aromatic rings. The molecule has 2 aromatic carbocycles. The Morgan fingerprint density at radius 2 is 1.88 bits per heavy atom. The van der Waals surface area contributed by atoms with Crippen LogP contribution in [0.1, 0.15) is 65.0 Å². The van der Waals surface area contributed by atoms with Gasteiger partial charge in [0.25, 0.3) is 5.91 Å². The van der Waals surface area contributed by atoms with Gasteiger partial charge >= 0.3 is 0 Å². The average molecular weight is 450 g/mol. The molecule has 32 heavy (non-hydrogen) atoms. The minimum Gasteiger partial charge on any atom is -0.336 e. The summed E-state index contributed by atoms with van der Waals surface area (Å²) in [6.07, 6.45) is 4.96. The molecular formula is C27H32ClN3O. The third kappa shape index (κ3) is 5.07. The normalized spacial score (nSPS) is 19.1. The van der Waals surface area contributed by atoms with Crippen LogP contribution in [0.2, 0.25) is 5.02 Å². The molecule has 1 saturated carbocycles. The van der Waals surface area contributed by atoms with Crippen LogP contribution in [0.3, 0.4) is 0 Å². The number of hydrogen-bond donors (Lipinski definition) is 1. The number of aromatic nitrogens is 2. The van der Waals surface area contributed by atoms with E-state index < -0.39 is 0 Å². The molecule has 0 radical (unpaired) electrons. The van der Waals surface area contributed by atoms with Crippen molar-refractivity contribution in [2.24, 2.45) is 11.8 Å². The fraction of sp³-hybridized carbons (Fsp3) is 0.407. The lowest BCUT2D eigenvalue weighted by Crippen LogP contribution is -2.26. The Balaban J connectivity index is 1.32. The van der Waals surface area contributed by atoms with Crippen molar-refractivity contribution in [1.29, 1.82) is 0 Å². The molecule has 1 fully saturated rings. The minimum absolute atomic E-state index is 0.0223. The Kier molecular flexibility index (Phi) is 7.00. The van der Waals surface area contributed by atoms with E-state index in [1.54, 1.807) is 11.9 Å². The van der Waals surface area contributed by atoms with Gasteiger partial charge in [-0.1, -0.05) is 61.0 Å². The molecule has 0 bridgehead atoms. The number of H-pyrrole nitrogens is 1. The largest absolute Gasteiger partial charge is 0.336 e. The van der Waals surface area contributed by atoms with Gasteiger partial charge in [-0.25, -0.2) is 0 Å². The number of amides is 1. The quantitative estimate of drug-likeness (QED) is 0.453. The maximum Gasteiger partial charge on any atom is 0.253 e. The molecule has 4 rings (SSSR count). The van der Waals surface area contributed by atoms with Crippen LogP contribution in [-0.4, -0.2) is 28.1 Å². The van der Waals surface area contributed by atoms with Crippen LogP contribution >= 0.6 is 11.6 Å². The third-order valence-corrected chi connectivity index (χ3v) is 7.52. The molecule has 1 aromatic heterocycles. The van der Waals surface area contributed by atoms with Gasteiger partial charge in [-0.05, 0) is 73.6 Å². The van der Waals surface area contributed by atoms with Gasteiger partial charge in [0.1, 0.15) is 5.69 Å². The zero-order valence-electron chi connectivity index (χ0n) is 19.1. The fourth-order valence-corrected chi connectivity index (χ4v) is 5.13. The van der Waals surface area contributed by atoms with E-state index in [1.807, 2.05) is 19.1 Å². The molecule has 4 nitrogen and oxygen atoms in total. The number of carbonyl (C=O) groups excluding carboxylic acids is 1. The first-order valence-corrected chi connectivity index (χ1v) is 11.9. The second kappa shape index (κ2) is 9.91. The average Bonchev–Trinajstić information content (AvgIpc) is 3.41. The predicted molar refractivity (Wildman–Crippen MR) is 130 cm³/mol. The second-order valence-electron chi connectivity index (χ2n) is 9.31. The van der Waals surface area contributed by atoms with E-state index in [4.69, 9.17) is 11.6 Å². The van der Waals surface area contributed by atoms with Gasteiger partial charge in [-0.3, -0.25) is 9.89 Å². The first-order valence-electron chi connectivity index (χ1n) is 11.5. The zero-order valence-corrected chi connectivity index (χ0v) is 19.9. The first-order chi connectivity index (χ1) is 15.4. The number of nitrogens with zero attached hydrogens (tertiary/aromatic N) is 2. The van der Waals surface area contributed by atoms with Gasteiger partial charge in [0, 0.05) is 12.6 Å². The van der Waals surface area contributed by atoms with Crippen molar-refractivity contribution in [3.63, 3.8) is 0 Å². The van der Waals surface area contributed by atoms with Gasteiger partial charge in [0.05, 0.1) is 17.3 Å². The Bertz CT molecular complexity index is 1040. The van der Waals surface area contributed by atoms with Crippen molar-refractivity contribution in [2.45, 2.75) is 52.0 Å². The van der Waals surface area contributed by atoms with Gasteiger partial charge in [-0.15, -0.1) is 0 Å². The molecule has 0 saturated heterocycles. The maximum atomic E-state index is 12.8. The van der Waals surface area contributed by atoms with Crippen LogP contribution in [0.25, 0.3) is 0 Å². The van der Waals surface area contributed by atoms with Crippen LogP contribution in [-0.2, 0) is 13.0 Å². The first kappa shape index (κ1) is 22.6. The van der Waals surface area contributed by atoms with Crippen molar-refractivity contribution in [2.75, 3.05) is 7.05 Å². The molecule has 1 heterocycles. The minimum atomic E-state index is -0.0223. The molecule has 0 aliphatic heterocycles. The summed E-state index contributed by atoms with van der Waals surface area (Å²) in [5, 5.41) is 7.65. The highest BCUT2D eigenvalue weighted by molar-refractivity contribution is 6.31. The summed E-state index contributed by atoms with van der Waals surface area (Å²) < 4.78 is 0. The number of aryl methyl sites for hydroxylation is 1. The molecule has 1 aliphatic carbocycles. The van der Waals surface area contributed by atoms with E-state index in [1.165, 1.54) is 30.4 Å². The molecule has 168 valence electrons. The highest BCUT2D eigenvalue weighted by Gasteiger charge is 2.29. The lowest BCUT2D eigenvalue weighted by molar-refractivity contribution is 0.0783. The predicted octanol–water partition coefficient (Wildman–Crippen LogP) is 6.41. The smallest absolute Gasteiger partial charge is 0.253 e. The van der Waals surface area contributed by atoms with Crippen LogP contribution in [0.5, 0.6) is 0 Å². The molecule has 1 amide bonds. The topological polar surface area (TPSA) is 49.0 Å². The number of carbonyl (C=O) groups is 1. The molecular weight excluding hydrogens is 418 g/mol. The highest BCUT2D eigenvalue weighted by Crippen LogP contribution is 2.41. The Morgan fingerprint density at radius 3 is 2.53 bits per heavy atom. The summed E-state index contributed by atoms with van der Waals surface area (Å²) in [6.45, 7) is 4.62. The van der Waals surface area contributed by atoms with Crippen LogP contribution < -0.4 is 0 Å². The fourth-order valence-electron chi connectivity index (χ4n) is 4.99. The van der Waals surface area contributed by atoms with Crippen molar-refractivity contribution in [1.82, 2.24) is 15.1 Å². The highest BCUT2D eigenvalue weighted by atomic mass is 35.5. The van der Waals surface area contributed by atoms with Gasteiger partial charge in [0.15, 0.2) is 0 Å². The number of benzene rings is 2. The Morgan fingerprint density at radius 1 is 1.16 bits per heavy atom. The monoisotopic (exact) mass is 449 g/mol. The standard InChI is InChI=1S/C27H32ClN3O/c1-18(22-7-5-4-6-8-22)24-14-11-21(16-24)15-20-9-12-23(13-10-20)27(32)31(3)17-25-26(28)19(2)29-30-25/h4-10,12-13,18,21,24H,11,14-17H2,1-3H3,(H,29,30)/t18-,21+,24+/m1/s1. The number of aromatic amines is 1. The van der Waals surface area contributed by atoms with Crippen molar-refractivity contribution < 1.29 is 4.79 Å². The van der Waals surface area contributed by atoms with Gasteiger partial charge < -0.3 is 4.90 Å². The van der Waals surface area contributed by atoms with E-state index in [-0.39, 0.29) is 5.91 Å². The van der Waals surface area contributed by atoms with Crippen molar-refractivity contribution >= 4 is 17.5 Å². The third-order valence-electron chi connectivity index (χ3n) is 7.01. The van der Waals surface area contributed by atoms with E-state index in [0.29, 0.717) is 28.7 Å². The van der Waals surface area contributed by atoms with Crippen LogP contribution in [0, 0.1) is 18.8 Å². The lowest BCUT2D eigenvalue weighted by atomic mass is 9.85. The Hall–Kier alpha value is -2.59. The zero-order chi connectivity index (χ0) is 22.7. The summed E-state index contributed by atoms with van der Waals surface area (Å²) >= 11 is 6.24.